The Kier molecular flexibility index (Phi) is 6.44. The average molecular weight is 283 g/mol. The Morgan fingerprint density at radius 2 is 1.95 bits per heavy atom. The first-order valence-electron chi connectivity index (χ1n) is 6.17. The van der Waals surface area contributed by atoms with Crippen LogP contribution < -0.4 is 20.9 Å². The minimum absolute atomic E-state index is 0.0871. The molecule has 1 heterocycles. The second-order valence-corrected chi connectivity index (χ2v) is 4.12. The molecule has 0 radical (unpaired) electrons. The first-order chi connectivity index (χ1) is 9.56. The van der Waals surface area contributed by atoms with Crippen LogP contribution in [0.3, 0.4) is 0 Å². The molecule has 0 saturated heterocycles. The van der Waals surface area contributed by atoms with Gasteiger partial charge in [0.2, 0.25) is 23.8 Å². The summed E-state index contributed by atoms with van der Waals surface area (Å²) in [5.41, 5.74) is 0. The molecule has 1 amide bonds. The molecule has 20 heavy (non-hydrogen) atoms. The predicted molar refractivity (Wildman–Crippen MR) is 77.1 cm³/mol. The number of anilines is 3. The summed E-state index contributed by atoms with van der Waals surface area (Å²) in [6, 6.07) is 0. The van der Waals surface area contributed by atoms with Crippen LogP contribution in [0.1, 0.15) is 0 Å². The van der Waals surface area contributed by atoms with E-state index in [1.165, 1.54) is 0 Å². The van der Waals surface area contributed by atoms with Crippen molar-refractivity contribution >= 4 is 23.8 Å². The number of nitrogens with one attached hydrogen (secondary N) is 3. The first kappa shape index (κ1) is 15.9. The summed E-state index contributed by atoms with van der Waals surface area (Å²) in [5, 5.41) is 8.40. The minimum Gasteiger partial charge on any atom is -0.383 e. The third-order valence-corrected chi connectivity index (χ3v) is 2.28. The van der Waals surface area contributed by atoms with Crippen LogP contribution in [0, 0.1) is 0 Å². The number of hydrogen-bond acceptors (Lipinski definition) is 8. The van der Waals surface area contributed by atoms with Crippen molar-refractivity contribution in [2.45, 2.75) is 0 Å². The average Bonchev–Trinajstić information content (AvgIpc) is 2.45. The zero-order valence-electron chi connectivity index (χ0n) is 12.2. The fourth-order valence-electron chi connectivity index (χ4n) is 1.27. The lowest BCUT2D eigenvalue weighted by atomic mass is 10.5. The van der Waals surface area contributed by atoms with Gasteiger partial charge in [0.15, 0.2) is 0 Å². The molecular formula is C11H21N7O2. The van der Waals surface area contributed by atoms with Gasteiger partial charge in [-0.2, -0.15) is 15.0 Å². The molecular weight excluding hydrogens is 262 g/mol. The van der Waals surface area contributed by atoms with E-state index in [-0.39, 0.29) is 12.5 Å². The molecule has 9 nitrogen and oxygen atoms in total. The number of rotatable bonds is 8. The van der Waals surface area contributed by atoms with Gasteiger partial charge >= 0.3 is 0 Å². The number of hydrogen-bond donors (Lipinski definition) is 3. The molecule has 0 spiro atoms. The maximum Gasteiger partial charge on any atom is 0.239 e. The van der Waals surface area contributed by atoms with Crippen LogP contribution in [0.5, 0.6) is 0 Å². The maximum absolute atomic E-state index is 11.5. The third kappa shape index (κ3) is 5.22. The van der Waals surface area contributed by atoms with Gasteiger partial charge in [-0.1, -0.05) is 0 Å². The fourth-order valence-corrected chi connectivity index (χ4v) is 1.27. The van der Waals surface area contributed by atoms with E-state index in [1.54, 1.807) is 19.1 Å². The van der Waals surface area contributed by atoms with Gasteiger partial charge in [0.05, 0.1) is 13.2 Å². The van der Waals surface area contributed by atoms with E-state index in [0.29, 0.717) is 31.0 Å². The molecule has 0 bridgehead atoms. The highest BCUT2D eigenvalue weighted by Crippen LogP contribution is 2.10. The Morgan fingerprint density at radius 1 is 1.25 bits per heavy atom. The van der Waals surface area contributed by atoms with E-state index in [1.807, 2.05) is 14.1 Å². The summed E-state index contributed by atoms with van der Waals surface area (Å²) in [4.78, 5) is 25.8. The number of carbonyl (C=O) groups is 1. The van der Waals surface area contributed by atoms with Gasteiger partial charge in [-0.15, -0.1) is 0 Å². The van der Waals surface area contributed by atoms with Crippen molar-refractivity contribution in [2.24, 2.45) is 0 Å². The molecule has 0 aliphatic rings. The maximum atomic E-state index is 11.5. The molecule has 0 aliphatic heterocycles. The van der Waals surface area contributed by atoms with Gasteiger partial charge in [-0.3, -0.25) is 4.79 Å². The summed E-state index contributed by atoms with van der Waals surface area (Å²) < 4.78 is 4.85. The third-order valence-electron chi connectivity index (χ3n) is 2.28. The predicted octanol–water partition coefficient (Wildman–Crippen LogP) is -0.846. The van der Waals surface area contributed by atoms with Crippen molar-refractivity contribution < 1.29 is 9.53 Å². The molecule has 1 aromatic rings. The molecule has 0 atom stereocenters. The highest BCUT2D eigenvalue weighted by molar-refractivity contribution is 5.80. The summed E-state index contributed by atoms with van der Waals surface area (Å²) in [6.07, 6.45) is 0. The van der Waals surface area contributed by atoms with Gasteiger partial charge < -0.3 is 25.6 Å². The number of ether oxygens (including phenoxy) is 1. The highest BCUT2D eigenvalue weighted by Gasteiger charge is 2.08. The van der Waals surface area contributed by atoms with E-state index in [2.05, 4.69) is 30.9 Å². The Hall–Kier alpha value is -2.16. The molecule has 112 valence electrons. The van der Waals surface area contributed by atoms with Gasteiger partial charge in [-0.25, -0.2) is 0 Å². The molecule has 0 aromatic carbocycles. The second kappa shape index (κ2) is 8.10. The molecule has 0 fully saturated rings. The number of aromatic nitrogens is 3. The summed E-state index contributed by atoms with van der Waals surface area (Å²) in [6.45, 7) is 1.04. The molecule has 1 aromatic heterocycles. The van der Waals surface area contributed by atoms with Gasteiger partial charge in [0.25, 0.3) is 0 Å². The van der Waals surface area contributed by atoms with Crippen LogP contribution in [0.2, 0.25) is 0 Å². The zero-order valence-corrected chi connectivity index (χ0v) is 12.2. The first-order valence-corrected chi connectivity index (χ1v) is 6.17. The van der Waals surface area contributed by atoms with Crippen molar-refractivity contribution in [2.75, 3.05) is 63.5 Å². The molecule has 3 N–H and O–H groups in total. The largest absolute Gasteiger partial charge is 0.383 e. The topological polar surface area (TPSA) is 104 Å². The number of nitrogens with zero attached hydrogens (tertiary/aromatic N) is 4. The van der Waals surface area contributed by atoms with Crippen LogP contribution >= 0.6 is 0 Å². The minimum atomic E-state index is -0.153. The SMILES string of the molecule is CNc1nc(NCC(=O)NCCOC)nc(N(C)C)n1. The smallest absolute Gasteiger partial charge is 0.239 e. The molecule has 0 unspecified atom stereocenters. The van der Waals surface area contributed by atoms with E-state index in [4.69, 9.17) is 4.74 Å². The Morgan fingerprint density at radius 3 is 2.55 bits per heavy atom. The Balaban J connectivity index is 2.58. The lowest BCUT2D eigenvalue weighted by Gasteiger charge is -2.13. The van der Waals surface area contributed by atoms with Crippen molar-refractivity contribution in [3.05, 3.63) is 0 Å². The zero-order chi connectivity index (χ0) is 15.0. The Labute approximate surface area is 118 Å². The second-order valence-electron chi connectivity index (χ2n) is 4.12. The van der Waals surface area contributed by atoms with E-state index < -0.39 is 0 Å². The molecule has 0 aliphatic carbocycles. The highest BCUT2D eigenvalue weighted by atomic mass is 16.5. The van der Waals surface area contributed by atoms with Gasteiger partial charge in [0, 0.05) is 34.8 Å². The lowest BCUT2D eigenvalue weighted by molar-refractivity contribution is -0.119. The summed E-state index contributed by atoms with van der Waals surface area (Å²) >= 11 is 0. The molecule has 0 saturated carbocycles. The number of methoxy groups -OCH3 is 1. The fraction of sp³-hybridized carbons (Fsp3) is 0.636. The van der Waals surface area contributed by atoms with Crippen molar-refractivity contribution in [1.82, 2.24) is 20.3 Å². The Bertz CT molecular complexity index is 439. The number of amides is 1. The summed E-state index contributed by atoms with van der Waals surface area (Å²) in [5.74, 6) is 1.13. The molecule has 9 heteroatoms. The van der Waals surface area contributed by atoms with Crippen LogP contribution in [0.15, 0.2) is 0 Å². The van der Waals surface area contributed by atoms with Crippen molar-refractivity contribution in [3.8, 4) is 0 Å². The lowest BCUT2D eigenvalue weighted by Crippen LogP contribution is -2.32. The van der Waals surface area contributed by atoms with E-state index in [0.717, 1.165) is 0 Å². The van der Waals surface area contributed by atoms with Crippen LogP contribution in [0.25, 0.3) is 0 Å². The van der Waals surface area contributed by atoms with Crippen LogP contribution in [0.4, 0.5) is 17.8 Å². The number of carbonyl (C=O) groups excluding carboxylic acids is 1. The van der Waals surface area contributed by atoms with Crippen molar-refractivity contribution in [1.29, 1.82) is 0 Å². The van der Waals surface area contributed by atoms with Crippen LogP contribution in [-0.2, 0) is 9.53 Å². The van der Waals surface area contributed by atoms with Gasteiger partial charge in [0.1, 0.15) is 0 Å². The molecule has 1 rings (SSSR count). The van der Waals surface area contributed by atoms with Crippen molar-refractivity contribution in [3.63, 3.8) is 0 Å². The quantitative estimate of drug-likeness (QED) is 0.530. The standard InChI is InChI=1S/C11H21N7O2/c1-12-9-15-10(17-11(16-9)18(2)3)14-7-8(19)13-5-6-20-4/h5-7H2,1-4H3,(H,13,19)(H2,12,14,15,16,17). The van der Waals surface area contributed by atoms with Gasteiger partial charge in [-0.05, 0) is 0 Å². The normalized spacial score (nSPS) is 10.0. The van der Waals surface area contributed by atoms with E-state index in [9.17, 15) is 4.79 Å². The summed E-state index contributed by atoms with van der Waals surface area (Å²) in [7, 11) is 6.96. The van der Waals surface area contributed by atoms with Crippen LogP contribution in [-0.4, -0.2) is 68.8 Å². The van der Waals surface area contributed by atoms with E-state index >= 15 is 0 Å². The monoisotopic (exact) mass is 283 g/mol.